The third kappa shape index (κ3) is 7.20. The van der Waals surface area contributed by atoms with Crippen molar-refractivity contribution in [3.8, 4) is 0 Å². The zero-order valence-corrected chi connectivity index (χ0v) is 18.5. The van der Waals surface area contributed by atoms with Gasteiger partial charge in [0.05, 0.1) is 11.9 Å². The van der Waals surface area contributed by atoms with Crippen molar-refractivity contribution in [3.05, 3.63) is 58.6 Å². The zero-order valence-electron chi connectivity index (χ0n) is 15.3. The van der Waals surface area contributed by atoms with E-state index in [1.807, 2.05) is 0 Å². The van der Waals surface area contributed by atoms with E-state index < -0.39 is 10.0 Å². The Morgan fingerprint density at radius 1 is 1.15 bits per heavy atom. The predicted molar refractivity (Wildman–Crippen MR) is 116 cm³/mol. The van der Waals surface area contributed by atoms with Crippen molar-refractivity contribution in [1.29, 1.82) is 0 Å². The number of halogens is 1. The van der Waals surface area contributed by atoms with Crippen LogP contribution in [0.1, 0.15) is 12.0 Å². The highest BCUT2D eigenvalue weighted by molar-refractivity contribution is 9.10. The number of carbonyl (C=O) groups is 1. The number of nitrogens with zero attached hydrogens (tertiary/aromatic N) is 1. The summed E-state index contributed by atoms with van der Waals surface area (Å²) in [5.74, 6) is 0.556. The monoisotopic (exact) mass is 470 g/mol. The van der Waals surface area contributed by atoms with Crippen molar-refractivity contribution in [1.82, 2.24) is 5.32 Å². The standard InChI is InChI=1S/C19H23BrN2O3S2/c1-15-8-10-16(11-9-15)26-13-5-12-21-19(23)14-22(27(2,24)25)18-7-4-3-6-17(18)20/h3-4,6-11H,5,12-14H2,1-2H3,(H,21,23). The van der Waals surface area contributed by atoms with Crippen LogP contribution in [0.5, 0.6) is 0 Å². The Morgan fingerprint density at radius 3 is 2.44 bits per heavy atom. The maximum Gasteiger partial charge on any atom is 0.240 e. The van der Waals surface area contributed by atoms with Crippen LogP contribution in [0.2, 0.25) is 0 Å². The fraction of sp³-hybridized carbons (Fsp3) is 0.316. The fourth-order valence-electron chi connectivity index (χ4n) is 2.35. The van der Waals surface area contributed by atoms with Gasteiger partial charge in [0.2, 0.25) is 15.9 Å². The number of aryl methyl sites for hydroxylation is 1. The molecule has 0 heterocycles. The van der Waals surface area contributed by atoms with E-state index in [0.29, 0.717) is 16.7 Å². The number of thioether (sulfide) groups is 1. The molecule has 2 rings (SSSR count). The highest BCUT2D eigenvalue weighted by Gasteiger charge is 2.22. The second-order valence-electron chi connectivity index (χ2n) is 6.09. The van der Waals surface area contributed by atoms with Gasteiger partial charge in [-0.1, -0.05) is 29.8 Å². The first-order valence-corrected chi connectivity index (χ1v) is 12.1. The highest BCUT2D eigenvalue weighted by atomic mass is 79.9. The summed E-state index contributed by atoms with van der Waals surface area (Å²) >= 11 is 5.07. The lowest BCUT2D eigenvalue weighted by Crippen LogP contribution is -2.40. The van der Waals surface area contributed by atoms with Gasteiger partial charge in [-0.05, 0) is 59.3 Å². The van der Waals surface area contributed by atoms with E-state index in [4.69, 9.17) is 0 Å². The minimum atomic E-state index is -3.57. The summed E-state index contributed by atoms with van der Waals surface area (Å²) in [5, 5.41) is 2.80. The average Bonchev–Trinajstić information content (AvgIpc) is 2.61. The van der Waals surface area contributed by atoms with Gasteiger partial charge < -0.3 is 5.32 Å². The Balaban J connectivity index is 1.82. The lowest BCUT2D eigenvalue weighted by Gasteiger charge is -2.23. The van der Waals surface area contributed by atoms with Crippen LogP contribution < -0.4 is 9.62 Å². The Labute approximate surface area is 173 Å². The molecule has 27 heavy (non-hydrogen) atoms. The average molecular weight is 471 g/mol. The van der Waals surface area contributed by atoms with E-state index in [1.54, 1.807) is 36.0 Å². The van der Waals surface area contributed by atoms with E-state index in [-0.39, 0.29) is 12.5 Å². The molecule has 0 unspecified atom stereocenters. The molecule has 0 aliphatic carbocycles. The molecule has 0 bridgehead atoms. The van der Waals surface area contributed by atoms with Crippen LogP contribution in [0, 0.1) is 6.92 Å². The smallest absolute Gasteiger partial charge is 0.240 e. The second kappa shape index (κ2) is 10.1. The molecule has 0 radical (unpaired) electrons. The summed E-state index contributed by atoms with van der Waals surface area (Å²) in [4.78, 5) is 13.4. The van der Waals surface area contributed by atoms with Gasteiger partial charge in [-0.15, -0.1) is 11.8 Å². The maximum atomic E-state index is 12.2. The van der Waals surface area contributed by atoms with Crippen molar-refractivity contribution in [2.45, 2.75) is 18.2 Å². The topological polar surface area (TPSA) is 66.5 Å². The molecule has 0 spiro atoms. The molecule has 0 saturated heterocycles. The predicted octanol–water partition coefficient (Wildman–Crippen LogP) is 3.82. The van der Waals surface area contributed by atoms with Crippen LogP contribution in [0.3, 0.4) is 0 Å². The number of sulfonamides is 1. The van der Waals surface area contributed by atoms with Crippen molar-refractivity contribution in [2.75, 3.05) is 29.4 Å². The highest BCUT2D eigenvalue weighted by Crippen LogP contribution is 2.27. The summed E-state index contributed by atoms with van der Waals surface area (Å²) < 4.78 is 25.9. The Morgan fingerprint density at radius 2 is 1.81 bits per heavy atom. The first kappa shape index (κ1) is 21.8. The SMILES string of the molecule is Cc1ccc(SCCCNC(=O)CN(c2ccccc2Br)S(C)(=O)=O)cc1. The molecule has 0 aliphatic rings. The van der Waals surface area contributed by atoms with Crippen LogP contribution in [0.25, 0.3) is 0 Å². The van der Waals surface area contributed by atoms with Gasteiger partial charge in [-0.2, -0.15) is 0 Å². The normalized spacial score (nSPS) is 11.2. The first-order chi connectivity index (χ1) is 12.8. The van der Waals surface area contributed by atoms with Gasteiger partial charge in [0.15, 0.2) is 0 Å². The van der Waals surface area contributed by atoms with Crippen LogP contribution in [0.15, 0.2) is 57.9 Å². The number of hydrogen-bond acceptors (Lipinski definition) is 4. The molecule has 0 saturated carbocycles. The molecule has 0 fully saturated rings. The van der Waals surface area contributed by atoms with E-state index in [2.05, 4.69) is 52.4 Å². The first-order valence-electron chi connectivity index (χ1n) is 8.46. The van der Waals surface area contributed by atoms with Gasteiger partial charge in [0, 0.05) is 15.9 Å². The summed E-state index contributed by atoms with van der Waals surface area (Å²) in [5.41, 5.74) is 1.68. The zero-order chi connectivity index (χ0) is 19.9. The third-order valence-corrected chi connectivity index (χ3v) is 6.64. The lowest BCUT2D eigenvalue weighted by molar-refractivity contribution is -0.119. The maximum absolute atomic E-state index is 12.2. The molecule has 146 valence electrons. The van der Waals surface area contributed by atoms with E-state index in [9.17, 15) is 13.2 Å². The van der Waals surface area contributed by atoms with Gasteiger partial charge in [0.25, 0.3) is 0 Å². The number of amides is 1. The van der Waals surface area contributed by atoms with Crippen molar-refractivity contribution >= 4 is 49.3 Å². The number of rotatable bonds is 9. The minimum absolute atomic E-state index is 0.244. The molecule has 1 amide bonds. The molecule has 0 aliphatic heterocycles. The number of carbonyl (C=O) groups excluding carboxylic acids is 1. The number of para-hydroxylation sites is 1. The Hall–Kier alpha value is -1.51. The fourth-order valence-corrected chi connectivity index (χ4v) is 4.68. The molecule has 0 atom stereocenters. The largest absolute Gasteiger partial charge is 0.354 e. The van der Waals surface area contributed by atoms with Gasteiger partial charge in [0.1, 0.15) is 6.54 Å². The van der Waals surface area contributed by atoms with Crippen LogP contribution >= 0.6 is 27.7 Å². The minimum Gasteiger partial charge on any atom is -0.354 e. The summed E-state index contributed by atoms with van der Waals surface area (Å²) in [6.07, 6.45) is 1.90. The van der Waals surface area contributed by atoms with Gasteiger partial charge >= 0.3 is 0 Å². The van der Waals surface area contributed by atoms with Crippen molar-refractivity contribution < 1.29 is 13.2 Å². The van der Waals surface area contributed by atoms with E-state index >= 15 is 0 Å². The summed E-state index contributed by atoms with van der Waals surface area (Å²) in [6.45, 7) is 2.32. The van der Waals surface area contributed by atoms with Crippen molar-refractivity contribution in [2.24, 2.45) is 0 Å². The Bertz CT molecular complexity index is 871. The quantitative estimate of drug-likeness (QED) is 0.446. The van der Waals surface area contributed by atoms with Crippen molar-refractivity contribution in [3.63, 3.8) is 0 Å². The molecule has 5 nitrogen and oxygen atoms in total. The summed E-state index contributed by atoms with van der Waals surface area (Å²) in [7, 11) is -3.57. The molecule has 0 aromatic heterocycles. The lowest BCUT2D eigenvalue weighted by atomic mass is 10.2. The number of anilines is 1. The van der Waals surface area contributed by atoms with E-state index in [0.717, 1.165) is 22.7 Å². The molecule has 2 aromatic carbocycles. The van der Waals surface area contributed by atoms with Gasteiger partial charge in [-0.25, -0.2) is 8.42 Å². The van der Waals surface area contributed by atoms with Gasteiger partial charge in [-0.3, -0.25) is 9.10 Å². The van der Waals surface area contributed by atoms with Crippen LogP contribution in [0.4, 0.5) is 5.69 Å². The number of hydrogen-bond donors (Lipinski definition) is 1. The molecule has 2 aromatic rings. The number of nitrogens with one attached hydrogen (secondary N) is 1. The third-order valence-electron chi connectivity index (χ3n) is 3.74. The van der Waals surface area contributed by atoms with Crippen LogP contribution in [-0.4, -0.2) is 39.4 Å². The summed E-state index contributed by atoms with van der Waals surface area (Å²) in [6, 6.07) is 15.3. The van der Waals surface area contributed by atoms with E-state index in [1.165, 1.54) is 10.5 Å². The molecular weight excluding hydrogens is 448 g/mol. The number of benzene rings is 2. The Kier molecular flexibility index (Phi) is 8.19. The molecule has 8 heteroatoms. The molecule has 1 N–H and O–H groups in total. The second-order valence-corrected chi connectivity index (χ2v) is 10.0. The molecular formula is C19H23BrN2O3S2. The van der Waals surface area contributed by atoms with Crippen LogP contribution in [-0.2, 0) is 14.8 Å².